The van der Waals surface area contributed by atoms with Gasteiger partial charge in [0.1, 0.15) is 5.75 Å². The predicted molar refractivity (Wildman–Crippen MR) is 88.3 cm³/mol. The zero-order valence-electron chi connectivity index (χ0n) is 12.6. The minimum Gasteiger partial charge on any atom is -0.495 e. The molecule has 1 aromatic carbocycles. The van der Waals surface area contributed by atoms with Crippen LogP contribution in [-0.2, 0) is 0 Å². The molecule has 0 bridgehead atoms. The fourth-order valence-corrected chi connectivity index (χ4v) is 2.51. The molecule has 1 aromatic rings. The van der Waals surface area contributed by atoms with Gasteiger partial charge >= 0.3 is 0 Å². The molecule has 6 nitrogen and oxygen atoms in total. The van der Waals surface area contributed by atoms with Gasteiger partial charge in [-0.25, -0.2) is 0 Å². The Morgan fingerprint density at radius 2 is 2.14 bits per heavy atom. The highest BCUT2D eigenvalue weighted by atomic mass is 16.5. The largest absolute Gasteiger partial charge is 0.495 e. The van der Waals surface area contributed by atoms with Crippen LogP contribution in [-0.4, -0.2) is 46.6 Å². The van der Waals surface area contributed by atoms with Crippen molar-refractivity contribution >= 4 is 23.2 Å². The average molecular weight is 289 g/mol. The van der Waals surface area contributed by atoms with Crippen molar-refractivity contribution in [1.82, 2.24) is 10.6 Å². The number of hydrogen-bond donors (Lipinski definition) is 4. The quantitative estimate of drug-likeness (QED) is 0.478. The second-order valence-electron chi connectivity index (χ2n) is 4.88. The maximum atomic E-state index is 7.64. The minimum absolute atomic E-state index is 0.579. The molecule has 0 aliphatic carbocycles. The van der Waals surface area contributed by atoms with E-state index in [9.17, 15) is 0 Å². The van der Waals surface area contributed by atoms with Crippen LogP contribution < -0.4 is 26.0 Å². The van der Waals surface area contributed by atoms with E-state index in [1.165, 1.54) is 6.21 Å². The van der Waals surface area contributed by atoms with E-state index in [-0.39, 0.29) is 0 Å². The predicted octanol–water partition coefficient (Wildman–Crippen LogP) is 0.897. The second-order valence-corrected chi connectivity index (χ2v) is 4.88. The van der Waals surface area contributed by atoms with Gasteiger partial charge in [0.05, 0.1) is 12.8 Å². The first-order chi connectivity index (χ1) is 10.2. The van der Waals surface area contributed by atoms with Crippen molar-refractivity contribution in [2.24, 2.45) is 0 Å². The second kappa shape index (κ2) is 6.99. The van der Waals surface area contributed by atoms with Gasteiger partial charge in [0, 0.05) is 68.5 Å². The summed E-state index contributed by atoms with van der Waals surface area (Å²) in [6.45, 7) is 3.74. The summed E-state index contributed by atoms with van der Waals surface area (Å²) in [6, 6.07) is 3.84. The maximum absolute atomic E-state index is 7.64. The van der Waals surface area contributed by atoms with Crippen LogP contribution in [0.1, 0.15) is 5.56 Å². The summed E-state index contributed by atoms with van der Waals surface area (Å²) >= 11 is 0. The van der Waals surface area contributed by atoms with E-state index in [1.807, 2.05) is 19.2 Å². The number of piperazine rings is 1. The van der Waals surface area contributed by atoms with Crippen LogP contribution in [0.5, 0.6) is 5.75 Å². The summed E-state index contributed by atoms with van der Waals surface area (Å²) in [6.07, 6.45) is 3.14. The van der Waals surface area contributed by atoms with Crippen molar-refractivity contribution in [3.05, 3.63) is 23.9 Å². The van der Waals surface area contributed by atoms with E-state index in [4.69, 9.17) is 15.9 Å². The molecule has 2 rings (SSSR count). The Labute approximate surface area is 125 Å². The summed E-state index contributed by atoms with van der Waals surface area (Å²) < 4.78 is 5.35. The van der Waals surface area contributed by atoms with E-state index in [1.54, 1.807) is 13.3 Å². The minimum atomic E-state index is 0.579. The number of methoxy groups -OCH3 is 1. The molecule has 0 radical (unpaired) electrons. The third kappa shape index (κ3) is 3.28. The molecule has 1 fully saturated rings. The molecular formula is C15H23N5O. The summed E-state index contributed by atoms with van der Waals surface area (Å²) in [5.41, 5.74) is 9.40. The lowest BCUT2D eigenvalue weighted by Gasteiger charge is -2.32. The van der Waals surface area contributed by atoms with E-state index in [0.29, 0.717) is 11.4 Å². The monoisotopic (exact) mass is 289 g/mol. The van der Waals surface area contributed by atoms with Crippen LogP contribution in [0.25, 0.3) is 5.57 Å². The van der Waals surface area contributed by atoms with Gasteiger partial charge in [0.2, 0.25) is 0 Å². The lowest BCUT2D eigenvalue weighted by atomic mass is 10.0. The van der Waals surface area contributed by atoms with Crippen LogP contribution in [0, 0.1) is 5.41 Å². The Balaban J connectivity index is 2.52. The third-order valence-electron chi connectivity index (χ3n) is 3.57. The van der Waals surface area contributed by atoms with Crippen molar-refractivity contribution in [2.45, 2.75) is 0 Å². The van der Waals surface area contributed by atoms with Gasteiger partial charge in [-0.1, -0.05) is 0 Å². The number of ether oxygens (including phenoxy) is 1. The third-order valence-corrected chi connectivity index (χ3v) is 3.57. The van der Waals surface area contributed by atoms with Crippen LogP contribution in [0.15, 0.2) is 18.3 Å². The first-order valence-electron chi connectivity index (χ1n) is 7.02. The highest BCUT2D eigenvalue weighted by Crippen LogP contribution is 2.35. The molecule has 0 amide bonds. The molecule has 1 aliphatic rings. The fourth-order valence-electron chi connectivity index (χ4n) is 2.51. The Morgan fingerprint density at radius 1 is 1.43 bits per heavy atom. The molecule has 0 unspecified atom stereocenters. The van der Waals surface area contributed by atoms with Crippen molar-refractivity contribution in [2.75, 3.05) is 51.0 Å². The van der Waals surface area contributed by atoms with Crippen LogP contribution in [0.4, 0.5) is 11.4 Å². The number of rotatable bonds is 5. The van der Waals surface area contributed by atoms with Gasteiger partial charge in [0.15, 0.2) is 0 Å². The normalized spacial score (nSPS) is 15.7. The molecule has 1 aliphatic heterocycles. The van der Waals surface area contributed by atoms with Gasteiger partial charge in [-0.2, -0.15) is 0 Å². The number of nitrogens with zero attached hydrogens (tertiary/aromatic N) is 1. The first kappa shape index (κ1) is 15.2. The molecule has 21 heavy (non-hydrogen) atoms. The number of nitrogen functional groups attached to an aromatic ring is 1. The number of anilines is 2. The van der Waals surface area contributed by atoms with Crippen LogP contribution >= 0.6 is 0 Å². The van der Waals surface area contributed by atoms with Gasteiger partial charge < -0.3 is 31.4 Å². The average Bonchev–Trinajstić information content (AvgIpc) is 2.53. The van der Waals surface area contributed by atoms with Crippen molar-refractivity contribution < 1.29 is 4.74 Å². The number of nitrogens with two attached hydrogens (primary N) is 1. The highest BCUT2D eigenvalue weighted by molar-refractivity contribution is 6.11. The van der Waals surface area contributed by atoms with Crippen molar-refractivity contribution in [3.63, 3.8) is 0 Å². The van der Waals surface area contributed by atoms with Gasteiger partial charge in [-0.15, -0.1) is 0 Å². The lowest BCUT2D eigenvalue weighted by molar-refractivity contribution is 0.417. The summed E-state index contributed by atoms with van der Waals surface area (Å²) in [5, 5.41) is 14.0. The number of benzene rings is 1. The number of allylic oxidation sites excluding steroid dienone is 1. The van der Waals surface area contributed by atoms with Crippen LogP contribution in [0.3, 0.4) is 0 Å². The zero-order valence-corrected chi connectivity index (χ0v) is 12.6. The van der Waals surface area contributed by atoms with E-state index in [2.05, 4.69) is 15.5 Å². The molecule has 0 atom stereocenters. The molecule has 6 heteroatoms. The van der Waals surface area contributed by atoms with Crippen LogP contribution in [0.2, 0.25) is 0 Å². The topological polar surface area (TPSA) is 86.4 Å². The summed E-state index contributed by atoms with van der Waals surface area (Å²) in [7, 11) is 3.44. The maximum Gasteiger partial charge on any atom is 0.143 e. The van der Waals surface area contributed by atoms with E-state index in [0.717, 1.165) is 43.0 Å². The lowest BCUT2D eigenvalue weighted by Crippen LogP contribution is -2.43. The molecule has 114 valence electrons. The Hall–Kier alpha value is -2.21. The zero-order chi connectivity index (χ0) is 15.2. The molecule has 1 heterocycles. The van der Waals surface area contributed by atoms with E-state index < -0.39 is 0 Å². The van der Waals surface area contributed by atoms with Crippen molar-refractivity contribution in [3.8, 4) is 5.75 Å². The molecular weight excluding hydrogens is 266 g/mol. The first-order valence-corrected chi connectivity index (χ1v) is 7.02. The van der Waals surface area contributed by atoms with Crippen molar-refractivity contribution in [1.29, 1.82) is 5.41 Å². The SMILES string of the molecule is CN/C=C(\C=N)c1cc(N)c(OC)cc1N1CCNCC1. The standard InChI is InChI=1S/C15H23N5O/c1-18-10-11(9-16)12-7-13(17)15(21-2)8-14(12)20-5-3-19-4-6-20/h7-10,16,18-19H,3-6,17H2,1-2H3/b11-10+,16-9?. The molecule has 5 N–H and O–H groups in total. The number of nitrogens with one attached hydrogen (secondary N) is 3. The Morgan fingerprint density at radius 3 is 2.71 bits per heavy atom. The van der Waals surface area contributed by atoms with Gasteiger partial charge in [-0.05, 0) is 6.07 Å². The van der Waals surface area contributed by atoms with Gasteiger partial charge in [0.25, 0.3) is 0 Å². The van der Waals surface area contributed by atoms with Gasteiger partial charge in [-0.3, -0.25) is 0 Å². The Bertz CT molecular complexity index is 535. The summed E-state index contributed by atoms with van der Waals surface area (Å²) in [4.78, 5) is 2.29. The van der Waals surface area contributed by atoms with E-state index >= 15 is 0 Å². The summed E-state index contributed by atoms with van der Waals surface area (Å²) in [5.74, 6) is 0.668. The molecule has 0 aromatic heterocycles. The Kier molecular flexibility index (Phi) is 5.05. The number of hydrogen-bond acceptors (Lipinski definition) is 6. The highest BCUT2D eigenvalue weighted by Gasteiger charge is 2.18. The molecule has 0 spiro atoms. The smallest absolute Gasteiger partial charge is 0.143 e. The fraction of sp³-hybridized carbons (Fsp3) is 0.400. The molecule has 0 saturated carbocycles. The molecule has 1 saturated heterocycles.